The van der Waals surface area contributed by atoms with Crippen LogP contribution in [-0.2, 0) is 0 Å². The highest BCUT2D eigenvalue weighted by molar-refractivity contribution is 6.33. The van der Waals surface area contributed by atoms with E-state index in [1.807, 2.05) is 6.92 Å². The molecule has 82 valence electrons. The maximum Gasteiger partial charge on any atom is 0.180 e. The van der Waals surface area contributed by atoms with Crippen molar-refractivity contribution in [3.63, 3.8) is 0 Å². The van der Waals surface area contributed by atoms with Crippen LogP contribution < -0.4 is 4.74 Å². The summed E-state index contributed by atoms with van der Waals surface area (Å²) < 4.78 is 5.41. The summed E-state index contributed by atoms with van der Waals surface area (Å²) >= 11 is 5.71. The predicted octanol–water partition coefficient (Wildman–Crippen LogP) is 3.29. The molecule has 2 nitrogen and oxygen atoms in total. The predicted molar refractivity (Wildman–Crippen MR) is 61.9 cm³/mol. The Bertz CT molecular complexity index is 317. The van der Waals surface area contributed by atoms with Crippen molar-refractivity contribution in [1.82, 2.24) is 0 Å². The van der Waals surface area contributed by atoms with Crippen LogP contribution in [0.25, 0.3) is 0 Å². The first-order valence-corrected chi connectivity index (χ1v) is 5.50. The Morgan fingerprint density at radius 3 is 2.47 bits per heavy atom. The minimum Gasteiger partial charge on any atom is -0.494 e. The van der Waals surface area contributed by atoms with Gasteiger partial charge in [0.05, 0.1) is 12.0 Å². The first kappa shape index (κ1) is 12.1. The maximum atomic E-state index is 11.5. The summed E-state index contributed by atoms with van der Waals surface area (Å²) in [6.07, 6.45) is 0.972. The average molecular weight is 227 g/mol. The molecule has 0 saturated heterocycles. The molecule has 0 radical (unpaired) electrons. The zero-order valence-electron chi connectivity index (χ0n) is 9.00. The molecule has 0 bridgehead atoms. The van der Waals surface area contributed by atoms with Crippen molar-refractivity contribution in [3.05, 3.63) is 29.8 Å². The third-order valence-corrected chi connectivity index (χ3v) is 2.17. The molecular formula is C12H15ClO2. The molecule has 1 aromatic rings. The number of ether oxygens (including phenoxy) is 1. The Morgan fingerprint density at radius 1 is 1.40 bits per heavy atom. The molecule has 1 rings (SSSR count). The smallest absolute Gasteiger partial charge is 0.180 e. The summed E-state index contributed by atoms with van der Waals surface area (Å²) in [5, 5.41) is -0.479. The van der Waals surface area contributed by atoms with Crippen molar-refractivity contribution >= 4 is 17.4 Å². The summed E-state index contributed by atoms with van der Waals surface area (Å²) in [5.41, 5.74) is 0.626. The van der Waals surface area contributed by atoms with Gasteiger partial charge in [-0.1, -0.05) is 6.92 Å². The topological polar surface area (TPSA) is 26.3 Å². The third-order valence-electron chi connectivity index (χ3n) is 1.97. The molecule has 0 aliphatic rings. The molecular weight excluding hydrogens is 212 g/mol. The van der Waals surface area contributed by atoms with Crippen LogP contribution in [-0.4, -0.2) is 17.8 Å². The first-order valence-electron chi connectivity index (χ1n) is 5.06. The second-order valence-corrected chi connectivity index (χ2v) is 4.01. The Kier molecular flexibility index (Phi) is 4.63. The molecule has 0 fully saturated rings. The van der Waals surface area contributed by atoms with Crippen LogP contribution >= 0.6 is 11.6 Å². The fourth-order valence-electron chi connectivity index (χ4n) is 1.17. The van der Waals surface area contributed by atoms with Crippen LogP contribution in [0.2, 0.25) is 0 Å². The molecule has 0 heterocycles. The highest BCUT2D eigenvalue weighted by atomic mass is 35.5. The van der Waals surface area contributed by atoms with Gasteiger partial charge in [0.2, 0.25) is 0 Å². The van der Waals surface area contributed by atoms with E-state index in [0.29, 0.717) is 12.2 Å². The van der Waals surface area contributed by atoms with Crippen LogP contribution in [0.3, 0.4) is 0 Å². The van der Waals surface area contributed by atoms with Gasteiger partial charge in [-0.25, -0.2) is 0 Å². The molecule has 1 aromatic carbocycles. The van der Waals surface area contributed by atoms with Crippen LogP contribution in [0.5, 0.6) is 5.75 Å². The Balaban J connectivity index is 2.68. The first-order chi connectivity index (χ1) is 7.15. The quantitative estimate of drug-likeness (QED) is 0.569. The Hall–Kier alpha value is -1.02. The Morgan fingerprint density at radius 2 is 2.00 bits per heavy atom. The summed E-state index contributed by atoms with van der Waals surface area (Å²) in [7, 11) is 0. The van der Waals surface area contributed by atoms with Crippen molar-refractivity contribution in [2.24, 2.45) is 0 Å². The van der Waals surface area contributed by atoms with Gasteiger partial charge in [0.25, 0.3) is 0 Å². The van der Waals surface area contributed by atoms with Gasteiger partial charge in [0, 0.05) is 5.56 Å². The van der Waals surface area contributed by atoms with Crippen molar-refractivity contribution in [1.29, 1.82) is 0 Å². The summed E-state index contributed by atoms with van der Waals surface area (Å²) in [5.74, 6) is 0.731. The molecule has 15 heavy (non-hydrogen) atoms. The molecule has 0 spiro atoms. The monoisotopic (exact) mass is 226 g/mol. The fraction of sp³-hybridized carbons (Fsp3) is 0.417. The van der Waals surface area contributed by atoms with Crippen molar-refractivity contribution in [2.45, 2.75) is 25.6 Å². The van der Waals surface area contributed by atoms with Crippen LogP contribution in [0.1, 0.15) is 30.6 Å². The third kappa shape index (κ3) is 3.56. The number of carbonyl (C=O) groups excluding carboxylic acids is 1. The lowest BCUT2D eigenvalue weighted by Gasteiger charge is -2.06. The zero-order chi connectivity index (χ0) is 11.3. The Labute approximate surface area is 95.2 Å². The lowest BCUT2D eigenvalue weighted by Crippen LogP contribution is -2.10. The van der Waals surface area contributed by atoms with Gasteiger partial charge in [-0.2, -0.15) is 0 Å². The number of alkyl halides is 1. The van der Waals surface area contributed by atoms with E-state index in [9.17, 15) is 4.79 Å². The number of hydrogen-bond donors (Lipinski definition) is 0. The number of halogens is 1. The van der Waals surface area contributed by atoms with E-state index in [-0.39, 0.29) is 5.78 Å². The van der Waals surface area contributed by atoms with E-state index in [0.717, 1.165) is 12.2 Å². The van der Waals surface area contributed by atoms with Crippen LogP contribution in [0.15, 0.2) is 24.3 Å². The highest BCUT2D eigenvalue weighted by Crippen LogP contribution is 2.15. The van der Waals surface area contributed by atoms with E-state index >= 15 is 0 Å². The molecule has 3 heteroatoms. The van der Waals surface area contributed by atoms with Gasteiger partial charge in [-0.15, -0.1) is 11.6 Å². The SMILES string of the molecule is CCCOc1ccc(C(=O)C(C)Cl)cc1. The van der Waals surface area contributed by atoms with Crippen molar-refractivity contribution < 1.29 is 9.53 Å². The summed E-state index contributed by atoms with van der Waals surface area (Å²) in [6.45, 7) is 4.41. The number of carbonyl (C=O) groups is 1. The van der Waals surface area contributed by atoms with Crippen molar-refractivity contribution in [2.75, 3.05) is 6.61 Å². The van der Waals surface area contributed by atoms with Gasteiger partial charge < -0.3 is 4.74 Å². The van der Waals surface area contributed by atoms with Gasteiger partial charge >= 0.3 is 0 Å². The van der Waals surface area contributed by atoms with Crippen molar-refractivity contribution in [3.8, 4) is 5.75 Å². The molecule has 1 atom stereocenters. The molecule has 0 N–H and O–H groups in total. The largest absolute Gasteiger partial charge is 0.494 e. The molecule has 0 amide bonds. The maximum absolute atomic E-state index is 11.5. The van der Waals surface area contributed by atoms with E-state index in [1.165, 1.54) is 0 Å². The second kappa shape index (κ2) is 5.76. The van der Waals surface area contributed by atoms with E-state index in [2.05, 4.69) is 0 Å². The molecule has 1 unspecified atom stereocenters. The molecule has 0 saturated carbocycles. The lowest BCUT2D eigenvalue weighted by molar-refractivity contribution is 0.0991. The second-order valence-electron chi connectivity index (χ2n) is 3.35. The van der Waals surface area contributed by atoms with Gasteiger partial charge in [-0.3, -0.25) is 4.79 Å². The van der Waals surface area contributed by atoms with Gasteiger partial charge in [0.15, 0.2) is 5.78 Å². The van der Waals surface area contributed by atoms with Crippen LogP contribution in [0, 0.1) is 0 Å². The standard InChI is InChI=1S/C12H15ClO2/c1-3-8-15-11-6-4-10(5-7-11)12(14)9(2)13/h4-7,9H,3,8H2,1-2H3. The number of benzene rings is 1. The minimum atomic E-state index is -0.479. The zero-order valence-corrected chi connectivity index (χ0v) is 9.75. The van der Waals surface area contributed by atoms with Crippen LogP contribution in [0.4, 0.5) is 0 Å². The van der Waals surface area contributed by atoms with E-state index < -0.39 is 5.38 Å². The summed E-state index contributed by atoms with van der Waals surface area (Å²) in [6, 6.07) is 7.07. The van der Waals surface area contributed by atoms with Gasteiger partial charge in [0.1, 0.15) is 5.75 Å². The number of Topliss-reactive ketones (excluding diaryl/α,β-unsaturated/α-hetero) is 1. The van der Waals surface area contributed by atoms with E-state index in [4.69, 9.17) is 16.3 Å². The molecule has 0 aromatic heterocycles. The lowest BCUT2D eigenvalue weighted by atomic mass is 10.1. The highest BCUT2D eigenvalue weighted by Gasteiger charge is 2.11. The summed E-state index contributed by atoms with van der Waals surface area (Å²) in [4.78, 5) is 11.5. The molecule has 0 aliphatic heterocycles. The number of rotatable bonds is 5. The number of ketones is 1. The average Bonchev–Trinajstić information content (AvgIpc) is 2.26. The van der Waals surface area contributed by atoms with Gasteiger partial charge in [-0.05, 0) is 37.6 Å². The number of hydrogen-bond acceptors (Lipinski definition) is 2. The minimum absolute atomic E-state index is 0.0568. The fourth-order valence-corrected chi connectivity index (χ4v) is 1.29. The molecule has 0 aliphatic carbocycles. The van der Waals surface area contributed by atoms with E-state index in [1.54, 1.807) is 31.2 Å². The normalized spacial score (nSPS) is 12.2.